The smallest absolute Gasteiger partial charge is 0.187 e. The van der Waals surface area contributed by atoms with Crippen LogP contribution in [0.5, 0.6) is 0 Å². The summed E-state index contributed by atoms with van der Waals surface area (Å²) in [4.78, 5) is 7.02. The van der Waals surface area contributed by atoms with Gasteiger partial charge in [0.25, 0.3) is 0 Å². The Balaban J connectivity index is 2.10. The quantitative estimate of drug-likeness (QED) is 0.842. The molecule has 2 rings (SSSR count). The number of aliphatic hydroxyl groups is 2. The van der Waals surface area contributed by atoms with Gasteiger partial charge in [-0.2, -0.15) is 0 Å². The Hall–Kier alpha value is -0.360. The van der Waals surface area contributed by atoms with Gasteiger partial charge in [-0.15, -0.1) is 0 Å². The number of halogens is 1. The average molecular weight is 249 g/mol. The van der Waals surface area contributed by atoms with Crippen LogP contribution in [0.4, 0.5) is 5.13 Å². The molecule has 0 aliphatic carbocycles. The van der Waals surface area contributed by atoms with Gasteiger partial charge in [0.1, 0.15) is 5.15 Å². The Bertz CT molecular complexity index is 345. The summed E-state index contributed by atoms with van der Waals surface area (Å²) in [6.07, 6.45) is 0.988. The van der Waals surface area contributed by atoms with Crippen molar-refractivity contribution in [1.82, 2.24) is 4.98 Å². The van der Waals surface area contributed by atoms with E-state index >= 15 is 0 Å². The van der Waals surface area contributed by atoms with Crippen molar-refractivity contribution in [2.45, 2.75) is 13.0 Å². The minimum atomic E-state index is -0.0617. The molecule has 1 aliphatic rings. The fourth-order valence-electron chi connectivity index (χ4n) is 1.71. The van der Waals surface area contributed by atoms with E-state index in [1.54, 1.807) is 0 Å². The molecule has 0 spiro atoms. The maximum absolute atomic E-state index is 9.03. The molecule has 0 saturated carbocycles. The molecule has 0 aromatic carbocycles. The van der Waals surface area contributed by atoms with Crippen molar-refractivity contribution in [3.8, 4) is 0 Å². The summed E-state index contributed by atoms with van der Waals surface area (Å²) in [5, 5.41) is 19.3. The molecule has 0 amide bonds. The van der Waals surface area contributed by atoms with E-state index in [4.69, 9.17) is 21.8 Å². The van der Waals surface area contributed by atoms with Crippen LogP contribution in [-0.2, 0) is 6.61 Å². The average Bonchev–Trinajstić information content (AvgIpc) is 2.83. The van der Waals surface area contributed by atoms with Crippen LogP contribution in [0.25, 0.3) is 0 Å². The molecule has 4 nitrogen and oxygen atoms in total. The summed E-state index contributed by atoms with van der Waals surface area (Å²) in [7, 11) is 0. The van der Waals surface area contributed by atoms with Gasteiger partial charge in [-0.05, 0) is 6.42 Å². The number of rotatable bonds is 3. The second kappa shape index (κ2) is 4.65. The Kier molecular flexibility index (Phi) is 3.45. The third-order valence-electron chi connectivity index (χ3n) is 2.60. The van der Waals surface area contributed by atoms with Gasteiger partial charge in [-0.3, -0.25) is 0 Å². The normalized spacial score (nSPS) is 21.3. The molecule has 0 bridgehead atoms. The number of thiazole rings is 1. The van der Waals surface area contributed by atoms with Gasteiger partial charge in [-0.25, -0.2) is 4.98 Å². The zero-order valence-corrected chi connectivity index (χ0v) is 9.76. The van der Waals surface area contributed by atoms with Crippen LogP contribution in [0.3, 0.4) is 0 Å². The Morgan fingerprint density at radius 3 is 2.87 bits per heavy atom. The molecule has 2 N–H and O–H groups in total. The SMILES string of the molecule is OCc1sc(N2CCC(CO)C2)nc1Cl. The van der Waals surface area contributed by atoms with Gasteiger partial charge in [0.05, 0.1) is 11.5 Å². The van der Waals surface area contributed by atoms with Crippen LogP contribution in [0.1, 0.15) is 11.3 Å². The first-order chi connectivity index (χ1) is 7.24. The maximum atomic E-state index is 9.03. The van der Waals surface area contributed by atoms with Gasteiger partial charge in [0.2, 0.25) is 0 Å². The lowest BCUT2D eigenvalue weighted by Crippen LogP contribution is -2.20. The number of aliphatic hydroxyl groups excluding tert-OH is 2. The third-order valence-corrected chi connectivity index (χ3v) is 4.12. The highest BCUT2D eigenvalue weighted by atomic mass is 35.5. The standard InChI is InChI=1S/C9H13ClN2O2S/c10-8-7(5-14)15-9(11-8)12-2-1-6(3-12)4-13/h6,13-14H,1-5H2. The highest BCUT2D eigenvalue weighted by Gasteiger charge is 2.24. The van der Waals surface area contributed by atoms with Crippen LogP contribution >= 0.6 is 22.9 Å². The lowest BCUT2D eigenvalue weighted by Gasteiger charge is -2.13. The highest BCUT2D eigenvalue weighted by Crippen LogP contribution is 2.32. The van der Waals surface area contributed by atoms with E-state index in [0.717, 1.165) is 24.6 Å². The van der Waals surface area contributed by atoms with E-state index in [0.29, 0.717) is 15.9 Å². The second-order valence-electron chi connectivity index (χ2n) is 3.65. The first kappa shape index (κ1) is 11.1. The lowest BCUT2D eigenvalue weighted by molar-refractivity contribution is 0.238. The van der Waals surface area contributed by atoms with Crippen molar-refractivity contribution in [2.75, 3.05) is 24.6 Å². The van der Waals surface area contributed by atoms with Crippen LogP contribution in [0, 0.1) is 5.92 Å². The molecule has 6 heteroatoms. The van der Waals surface area contributed by atoms with Gasteiger partial charge in [0, 0.05) is 25.6 Å². The van der Waals surface area contributed by atoms with Gasteiger partial charge in [0.15, 0.2) is 5.13 Å². The Labute approximate surface area is 97.1 Å². The Morgan fingerprint density at radius 2 is 2.33 bits per heavy atom. The molecule has 1 aromatic rings. The van der Waals surface area contributed by atoms with Crippen molar-refractivity contribution in [2.24, 2.45) is 5.92 Å². The zero-order valence-electron chi connectivity index (χ0n) is 8.19. The van der Waals surface area contributed by atoms with E-state index in [1.165, 1.54) is 11.3 Å². The largest absolute Gasteiger partial charge is 0.396 e. The number of hydrogen-bond donors (Lipinski definition) is 2. The monoisotopic (exact) mass is 248 g/mol. The van der Waals surface area contributed by atoms with E-state index < -0.39 is 0 Å². The summed E-state index contributed by atoms with van der Waals surface area (Å²) in [5.74, 6) is 0.338. The van der Waals surface area contributed by atoms with Crippen molar-refractivity contribution < 1.29 is 10.2 Å². The summed E-state index contributed by atoms with van der Waals surface area (Å²) in [5.41, 5.74) is 0. The predicted molar refractivity (Wildman–Crippen MR) is 60.5 cm³/mol. The molecule has 0 radical (unpaired) electrons. The van der Waals surface area contributed by atoms with Crippen LogP contribution in [0.2, 0.25) is 5.15 Å². The molecule has 1 fully saturated rings. The van der Waals surface area contributed by atoms with E-state index in [1.807, 2.05) is 0 Å². The number of hydrogen-bond acceptors (Lipinski definition) is 5. The fourth-order valence-corrected chi connectivity index (χ4v) is 2.86. The first-order valence-corrected chi connectivity index (χ1v) is 6.06. The molecule has 2 heterocycles. The third kappa shape index (κ3) is 2.25. The molecule has 1 aliphatic heterocycles. The van der Waals surface area contributed by atoms with Crippen molar-refractivity contribution >= 4 is 28.1 Å². The van der Waals surface area contributed by atoms with Crippen molar-refractivity contribution in [3.63, 3.8) is 0 Å². The Morgan fingerprint density at radius 1 is 1.53 bits per heavy atom. The molecule has 1 aromatic heterocycles. The van der Waals surface area contributed by atoms with Crippen LogP contribution < -0.4 is 4.90 Å². The first-order valence-electron chi connectivity index (χ1n) is 4.86. The molecular formula is C9H13ClN2O2S. The summed E-state index contributed by atoms with van der Waals surface area (Å²) < 4.78 is 0. The van der Waals surface area contributed by atoms with E-state index in [9.17, 15) is 0 Å². The maximum Gasteiger partial charge on any atom is 0.187 e. The number of aromatic nitrogens is 1. The molecule has 1 unspecified atom stereocenters. The fraction of sp³-hybridized carbons (Fsp3) is 0.667. The number of nitrogens with zero attached hydrogens (tertiary/aromatic N) is 2. The molecule has 84 valence electrons. The van der Waals surface area contributed by atoms with E-state index in [2.05, 4.69) is 9.88 Å². The minimum Gasteiger partial charge on any atom is -0.396 e. The summed E-state index contributed by atoms with van der Waals surface area (Å²) in [6, 6.07) is 0. The highest BCUT2D eigenvalue weighted by molar-refractivity contribution is 7.16. The molecule has 1 atom stereocenters. The lowest BCUT2D eigenvalue weighted by atomic mass is 10.1. The van der Waals surface area contributed by atoms with Crippen molar-refractivity contribution in [3.05, 3.63) is 10.0 Å². The number of anilines is 1. The van der Waals surface area contributed by atoms with Crippen LogP contribution in [-0.4, -0.2) is 34.9 Å². The molecule has 15 heavy (non-hydrogen) atoms. The zero-order chi connectivity index (χ0) is 10.8. The van der Waals surface area contributed by atoms with Gasteiger partial charge < -0.3 is 15.1 Å². The van der Waals surface area contributed by atoms with E-state index in [-0.39, 0.29) is 13.2 Å². The summed E-state index contributed by atoms with van der Waals surface area (Å²) >= 11 is 7.28. The van der Waals surface area contributed by atoms with Crippen LogP contribution in [0.15, 0.2) is 0 Å². The minimum absolute atomic E-state index is 0.0617. The van der Waals surface area contributed by atoms with Crippen molar-refractivity contribution in [1.29, 1.82) is 0 Å². The van der Waals surface area contributed by atoms with Gasteiger partial charge in [-0.1, -0.05) is 22.9 Å². The van der Waals surface area contributed by atoms with Gasteiger partial charge >= 0.3 is 0 Å². The molecule has 1 saturated heterocycles. The summed E-state index contributed by atoms with van der Waals surface area (Å²) in [6.45, 7) is 1.89. The predicted octanol–water partition coefficient (Wildman–Crippen LogP) is 1.11. The topological polar surface area (TPSA) is 56.6 Å². The second-order valence-corrected chi connectivity index (χ2v) is 5.07. The molecular weight excluding hydrogens is 236 g/mol.